The summed E-state index contributed by atoms with van der Waals surface area (Å²) in [4.78, 5) is 0. The van der Waals surface area contributed by atoms with E-state index in [-0.39, 0.29) is 5.82 Å². The molecule has 1 saturated carbocycles. The fraction of sp³-hybridized carbons (Fsp3) is 0.600. The largest absolute Gasteiger partial charge is 0.490 e. The zero-order valence-electron chi connectivity index (χ0n) is 11.0. The molecule has 0 amide bonds. The molecule has 1 N–H and O–H groups in total. The lowest BCUT2D eigenvalue weighted by atomic mass is 10.2. The molecule has 2 rings (SSSR count). The molecule has 3 heteroatoms. The van der Waals surface area contributed by atoms with Gasteiger partial charge in [-0.3, -0.25) is 0 Å². The monoisotopic (exact) mass is 251 g/mol. The van der Waals surface area contributed by atoms with Gasteiger partial charge in [-0.2, -0.15) is 0 Å². The van der Waals surface area contributed by atoms with Gasteiger partial charge in [0.25, 0.3) is 0 Å². The first-order chi connectivity index (χ1) is 8.81. The van der Waals surface area contributed by atoms with Crippen molar-refractivity contribution in [2.45, 2.75) is 39.2 Å². The van der Waals surface area contributed by atoms with Gasteiger partial charge in [-0.05, 0) is 31.4 Å². The lowest BCUT2D eigenvalue weighted by Gasteiger charge is -2.12. The molecule has 0 radical (unpaired) electrons. The van der Waals surface area contributed by atoms with Crippen molar-refractivity contribution in [3.05, 3.63) is 29.6 Å². The van der Waals surface area contributed by atoms with Crippen LogP contribution in [0.3, 0.4) is 0 Å². The molecule has 1 aliphatic carbocycles. The van der Waals surface area contributed by atoms with Crippen LogP contribution in [0.15, 0.2) is 18.2 Å². The minimum atomic E-state index is -0.249. The van der Waals surface area contributed by atoms with Gasteiger partial charge in [0.05, 0.1) is 6.61 Å². The molecular weight excluding hydrogens is 229 g/mol. The van der Waals surface area contributed by atoms with Gasteiger partial charge in [0, 0.05) is 12.1 Å². The highest BCUT2D eigenvalue weighted by Gasteiger charge is 2.21. The standard InChI is InChI=1S/C15H22FNO/c1-2-9-17-11-13-4-3-5-14(16)15(13)18-10-8-12-6-7-12/h3-5,12,17H,2,6-11H2,1H3. The first-order valence-corrected chi connectivity index (χ1v) is 6.92. The summed E-state index contributed by atoms with van der Waals surface area (Å²) in [6.45, 7) is 4.36. The predicted octanol–water partition coefficient (Wildman–Crippen LogP) is 3.50. The van der Waals surface area contributed by atoms with E-state index >= 15 is 0 Å². The van der Waals surface area contributed by atoms with Gasteiger partial charge in [0.2, 0.25) is 0 Å². The number of ether oxygens (including phenoxy) is 1. The molecule has 1 aliphatic rings. The van der Waals surface area contributed by atoms with Crippen LogP contribution in [0.4, 0.5) is 4.39 Å². The molecule has 0 spiro atoms. The Hall–Kier alpha value is -1.09. The van der Waals surface area contributed by atoms with Crippen LogP contribution in [0.25, 0.3) is 0 Å². The number of benzene rings is 1. The zero-order valence-corrected chi connectivity index (χ0v) is 11.0. The van der Waals surface area contributed by atoms with E-state index in [0.29, 0.717) is 18.9 Å². The van der Waals surface area contributed by atoms with E-state index in [1.807, 2.05) is 6.07 Å². The summed E-state index contributed by atoms with van der Waals surface area (Å²) in [5.41, 5.74) is 0.916. The van der Waals surface area contributed by atoms with E-state index < -0.39 is 0 Å². The van der Waals surface area contributed by atoms with Gasteiger partial charge < -0.3 is 10.1 Å². The molecule has 18 heavy (non-hydrogen) atoms. The van der Waals surface area contributed by atoms with E-state index in [1.54, 1.807) is 6.07 Å². The normalized spacial score (nSPS) is 14.8. The van der Waals surface area contributed by atoms with Gasteiger partial charge in [-0.15, -0.1) is 0 Å². The summed E-state index contributed by atoms with van der Waals surface area (Å²) in [5.74, 6) is 1.00. The van der Waals surface area contributed by atoms with Crippen LogP contribution in [-0.2, 0) is 6.54 Å². The summed E-state index contributed by atoms with van der Waals surface area (Å²) in [5, 5.41) is 3.28. The van der Waals surface area contributed by atoms with Gasteiger partial charge >= 0.3 is 0 Å². The maximum Gasteiger partial charge on any atom is 0.165 e. The van der Waals surface area contributed by atoms with Crippen molar-refractivity contribution in [3.8, 4) is 5.75 Å². The Balaban J connectivity index is 1.91. The van der Waals surface area contributed by atoms with E-state index in [4.69, 9.17) is 4.74 Å². The molecule has 0 aliphatic heterocycles. The summed E-state index contributed by atoms with van der Waals surface area (Å²) in [6, 6.07) is 5.14. The Morgan fingerprint density at radius 2 is 2.22 bits per heavy atom. The fourth-order valence-corrected chi connectivity index (χ4v) is 1.99. The maximum absolute atomic E-state index is 13.7. The van der Waals surface area contributed by atoms with Crippen LogP contribution in [0, 0.1) is 11.7 Å². The quantitative estimate of drug-likeness (QED) is 0.714. The zero-order chi connectivity index (χ0) is 12.8. The summed E-state index contributed by atoms with van der Waals surface area (Å²) in [6.07, 6.45) is 4.75. The average molecular weight is 251 g/mol. The van der Waals surface area contributed by atoms with E-state index in [1.165, 1.54) is 18.9 Å². The van der Waals surface area contributed by atoms with Crippen LogP contribution in [0.1, 0.15) is 38.2 Å². The SMILES string of the molecule is CCCNCc1cccc(F)c1OCCC1CC1. The Bertz CT molecular complexity index is 377. The molecule has 0 bridgehead atoms. The van der Waals surface area contributed by atoms with Gasteiger partial charge in [0.1, 0.15) is 0 Å². The lowest BCUT2D eigenvalue weighted by Crippen LogP contribution is -2.15. The summed E-state index contributed by atoms with van der Waals surface area (Å²) in [7, 11) is 0. The number of hydrogen-bond acceptors (Lipinski definition) is 2. The first-order valence-electron chi connectivity index (χ1n) is 6.92. The summed E-state index contributed by atoms with van der Waals surface area (Å²) < 4.78 is 19.4. The Morgan fingerprint density at radius 3 is 2.94 bits per heavy atom. The van der Waals surface area contributed by atoms with E-state index in [0.717, 1.165) is 30.9 Å². The van der Waals surface area contributed by atoms with Crippen LogP contribution < -0.4 is 10.1 Å². The molecule has 1 fully saturated rings. The third-order valence-electron chi connectivity index (χ3n) is 3.26. The Labute approximate surface area is 109 Å². The second kappa shape index (κ2) is 6.74. The third kappa shape index (κ3) is 3.98. The van der Waals surface area contributed by atoms with Crippen molar-refractivity contribution < 1.29 is 9.13 Å². The topological polar surface area (TPSA) is 21.3 Å². The minimum absolute atomic E-state index is 0.249. The van der Waals surface area contributed by atoms with Gasteiger partial charge in [-0.1, -0.05) is 31.9 Å². The molecule has 0 aromatic heterocycles. The molecule has 0 unspecified atom stereocenters. The van der Waals surface area contributed by atoms with Crippen molar-refractivity contribution in [3.63, 3.8) is 0 Å². The van der Waals surface area contributed by atoms with E-state index in [2.05, 4.69) is 12.2 Å². The number of rotatable bonds is 8. The Kier molecular flexibility index (Phi) is 5.00. The molecule has 1 aromatic rings. The van der Waals surface area contributed by atoms with Crippen molar-refractivity contribution >= 4 is 0 Å². The molecule has 1 aromatic carbocycles. The van der Waals surface area contributed by atoms with Crippen molar-refractivity contribution in [2.75, 3.05) is 13.2 Å². The third-order valence-corrected chi connectivity index (χ3v) is 3.26. The molecule has 0 heterocycles. The highest BCUT2D eigenvalue weighted by Crippen LogP contribution is 2.32. The van der Waals surface area contributed by atoms with Crippen molar-refractivity contribution in [1.29, 1.82) is 0 Å². The first kappa shape index (κ1) is 13.3. The number of halogens is 1. The second-order valence-corrected chi connectivity index (χ2v) is 4.99. The molecule has 0 saturated heterocycles. The summed E-state index contributed by atoms with van der Waals surface area (Å²) >= 11 is 0. The van der Waals surface area contributed by atoms with Gasteiger partial charge in [-0.25, -0.2) is 4.39 Å². The fourth-order valence-electron chi connectivity index (χ4n) is 1.99. The van der Waals surface area contributed by atoms with E-state index in [9.17, 15) is 4.39 Å². The van der Waals surface area contributed by atoms with Gasteiger partial charge in [0.15, 0.2) is 11.6 Å². The lowest BCUT2D eigenvalue weighted by molar-refractivity contribution is 0.284. The maximum atomic E-state index is 13.7. The average Bonchev–Trinajstić information content (AvgIpc) is 3.17. The number of para-hydroxylation sites is 1. The Morgan fingerprint density at radius 1 is 1.39 bits per heavy atom. The second-order valence-electron chi connectivity index (χ2n) is 4.99. The van der Waals surface area contributed by atoms with Crippen LogP contribution in [0.2, 0.25) is 0 Å². The predicted molar refractivity (Wildman–Crippen MR) is 71.2 cm³/mol. The van der Waals surface area contributed by atoms with Crippen LogP contribution >= 0.6 is 0 Å². The molecular formula is C15H22FNO. The van der Waals surface area contributed by atoms with Crippen LogP contribution in [-0.4, -0.2) is 13.2 Å². The molecule has 100 valence electrons. The number of nitrogens with one attached hydrogen (secondary N) is 1. The van der Waals surface area contributed by atoms with Crippen molar-refractivity contribution in [2.24, 2.45) is 5.92 Å². The number of hydrogen-bond donors (Lipinski definition) is 1. The smallest absolute Gasteiger partial charge is 0.165 e. The molecule has 0 atom stereocenters. The van der Waals surface area contributed by atoms with Crippen molar-refractivity contribution in [1.82, 2.24) is 5.32 Å². The highest BCUT2D eigenvalue weighted by atomic mass is 19.1. The molecule has 2 nitrogen and oxygen atoms in total. The highest BCUT2D eigenvalue weighted by molar-refractivity contribution is 5.34. The minimum Gasteiger partial charge on any atom is -0.490 e. The van der Waals surface area contributed by atoms with Crippen LogP contribution in [0.5, 0.6) is 5.75 Å².